The van der Waals surface area contributed by atoms with Crippen molar-refractivity contribution in [3.63, 3.8) is 0 Å². The van der Waals surface area contributed by atoms with Crippen LogP contribution >= 0.6 is 0 Å². The molecule has 0 aliphatic rings. The van der Waals surface area contributed by atoms with Crippen LogP contribution in [-0.4, -0.2) is 18.1 Å². The molecule has 1 heterocycles. The van der Waals surface area contributed by atoms with E-state index in [1.54, 1.807) is 24.3 Å². The molecule has 0 aliphatic heterocycles. The van der Waals surface area contributed by atoms with Crippen LogP contribution in [0.5, 0.6) is 0 Å². The Hall–Kier alpha value is -2.10. The highest BCUT2D eigenvalue weighted by Gasteiger charge is 2.08. The first-order chi connectivity index (χ1) is 8.15. The number of aromatic amines is 1. The number of rotatable bonds is 2. The third-order valence-electron chi connectivity index (χ3n) is 2.69. The zero-order valence-corrected chi connectivity index (χ0v) is 9.74. The molecule has 0 saturated heterocycles. The normalized spacial score (nSPS) is 10.5. The van der Waals surface area contributed by atoms with Crippen LogP contribution in [0.25, 0.3) is 10.9 Å². The largest absolute Gasteiger partial charge is 0.465 e. The minimum absolute atomic E-state index is 0.0352. The Bertz CT molecular complexity index is 628. The highest BCUT2D eigenvalue weighted by Crippen LogP contribution is 2.12. The van der Waals surface area contributed by atoms with E-state index in [9.17, 15) is 9.59 Å². The fraction of sp³-hybridized carbons (Fsp3) is 0.231. The number of carbonyl (C=O) groups excluding carboxylic acids is 1. The lowest BCUT2D eigenvalue weighted by Gasteiger charge is -2.04. The van der Waals surface area contributed by atoms with Gasteiger partial charge in [-0.15, -0.1) is 0 Å². The average molecular weight is 231 g/mol. The lowest BCUT2D eigenvalue weighted by molar-refractivity contribution is 0.0601. The number of ether oxygens (including phenoxy) is 1. The smallest absolute Gasteiger partial charge is 0.337 e. The fourth-order valence-corrected chi connectivity index (χ4v) is 1.74. The van der Waals surface area contributed by atoms with E-state index in [1.165, 1.54) is 7.11 Å². The van der Waals surface area contributed by atoms with Crippen LogP contribution in [0.2, 0.25) is 0 Å². The number of esters is 1. The van der Waals surface area contributed by atoms with Gasteiger partial charge in [0.1, 0.15) is 0 Å². The molecule has 0 aliphatic carbocycles. The third-order valence-corrected chi connectivity index (χ3v) is 2.69. The maximum absolute atomic E-state index is 11.8. The van der Waals surface area contributed by atoms with Crippen molar-refractivity contribution in [3.05, 3.63) is 45.7 Å². The minimum atomic E-state index is -0.408. The number of aryl methyl sites for hydroxylation is 1. The Kier molecular flexibility index (Phi) is 2.95. The molecule has 1 aromatic carbocycles. The van der Waals surface area contributed by atoms with E-state index in [0.717, 1.165) is 12.1 Å². The Labute approximate surface area is 98.2 Å². The first kappa shape index (κ1) is 11.4. The first-order valence-corrected chi connectivity index (χ1v) is 5.40. The van der Waals surface area contributed by atoms with Gasteiger partial charge in [0.25, 0.3) is 0 Å². The van der Waals surface area contributed by atoms with Gasteiger partial charge in [-0.3, -0.25) is 4.79 Å². The third kappa shape index (κ3) is 2.06. The number of H-pyrrole nitrogens is 1. The number of nitrogens with one attached hydrogen (secondary N) is 1. The van der Waals surface area contributed by atoms with Gasteiger partial charge in [0, 0.05) is 17.1 Å². The summed E-state index contributed by atoms with van der Waals surface area (Å²) in [6.45, 7) is 1.96. The quantitative estimate of drug-likeness (QED) is 0.803. The zero-order chi connectivity index (χ0) is 12.4. The molecule has 0 saturated carbocycles. The molecule has 88 valence electrons. The Balaban J connectivity index is 2.67. The van der Waals surface area contributed by atoms with E-state index < -0.39 is 5.97 Å². The van der Waals surface area contributed by atoms with Crippen LogP contribution in [0.4, 0.5) is 0 Å². The Morgan fingerprint density at radius 1 is 1.35 bits per heavy atom. The summed E-state index contributed by atoms with van der Waals surface area (Å²) < 4.78 is 4.64. The topological polar surface area (TPSA) is 59.2 Å². The predicted octanol–water partition coefficient (Wildman–Crippen LogP) is 1.88. The summed E-state index contributed by atoms with van der Waals surface area (Å²) in [6.07, 6.45) is 0.744. The molecule has 0 unspecified atom stereocenters. The van der Waals surface area contributed by atoms with E-state index >= 15 is 0 Å². The van der Waals surface area contributed by atoms with Crippen LogP contribution < -0.4 is 5.43 Å². The van der Waals surface area contributed by atoms with Crippen molar-refractivity contribution in [2.75, 3.05) is 7.11 Å². The molecule has 4 heteroatoms. The van der Waals surface area contributed by atoms with Gasteiger partial charge in [-0.1, -0.05) is 6.92 Å². The number of aromatic nitrogens is 1. The molecule has 0 atom stereocenters. The van der Waals surface area contributed by atoms with Gasteiger partial charge in [0.05, 0.1) is 18.2 Å². The van der Waals surface area contributed by atoms with Gasteiger partial charge < -0.3 is 9.72 Å². The second-order valence-corrected chi connectivity index (χ2v) is 3.76. The fourth-order valence-electron chi connectivity index (χ4n) is 1.74. The number of hydrogen-bond acceptors (Lipinski definition) is 3. The molecule has 0 amide bonds. The van der Waals surface area contributed by atoms with Crippen LogP contribution in [0.1, 0.15) is 23.0 Å². The van der Waals surface area contributed by atoms with Gasteiger partial charge in [0.2, 0.25) is 0 Å². The SMILES string of the molecule is CCc1cc(=O)c2ccc(C(=O)OC)cc2[nH]1. The highest BCUT2D eigenvalue weighted by atomic mass is 16.5. The zero-order valence-electron chi connectivity index (χ0n) is 9.74. The Morgan fingerprint density at radius 2 is 2.12 bits per heavy atom. The Morgan fingerprint density at radius 3 is 2.76 bits per heavy atom. The number of fused-ring (bicyclic) bond motifs is 1. The second kappa shape index (κ2) is 4.41. The maximum atomic E-state index is 11.8. The van der Waals surface area contributed by atoms with Gasteiger partial charge in [0.15, 0.2) is 5.43 Å². The van der Waals surface area contributed by atoms with E-state index in [1.807, 2.05) is 6.92 Å². The molecule has 0 radical (unpaired) electrons. The van der Waals surface area contributed by atoms with Crippen LogP contribution in [0.15, 0.2) is 29.1 Å². The standard InChI is InChI=1S/C13H13NO3/c1-3-9-7-12(15)10-5-4-8(13(16)17-2)6-11(10)14-9/h4-7H,3H2,1-2H3,(H,14,15). The van der Waals surface area contributed by atoms with Crippen molar-refractivity contribution in [1.29, 1.82) is 0 Å². The van der Waals surface area contributed by atoms with Crippen LogP contribution in [0, 0.1) is 0 Å². The molecule has 2 aromatic rings. The van der Waals surface area contributed by atoms with Crippen LogP contribution in [-0.2, 0) is 11.2 Å². The van der Waals surface area contributed by atoms with E-state index in [0.29, 0.717) is 16.5 Å². The summed E-state index contributed by atoms with van der Waals surface area (Å²) in [7, 11) is 1.33. The van der Waals surface area contributed by atoms with Crippen LogP contribution in [0.3, 0.4) is 0 Å². The maximum Gasteiger partial charge on any atom is 0.337 e. The van der Waals surface area contributed by atoms with Gasteiger partial charge in [-0.25, -0.2) is 4.79 Å². The van der Waals surface area contributed by atoms with E-state index in [2.05, 4.69) is 9.72 Å². The van der Waals surface area contributed by atoms with Crippen molar-refractivity contribution < 1.29 is 9.53 Å². The van der Waals surface area contributed by atoms with Gasteiger partial charge in [-0.05, 0) is 24.6 Å². The van der Waals surface area contributed by atoms with Crippen molar-refractivity contribution in [2.24, 2.45) is 0 Å². The summed E-state index contributed by atoms with van der Waals surface area (Å²) in [5.41, 5.74) is 1.91. The number of pyridine rings is 1. The lowest BCUT2D eigenvalue weighted by Crippen LogP contribution is -2.07. The second-order valence-electron chi connectivity index (χ2n) is 3.76. The first-order valence-electron chi connectivity index (χ1n) is 5.40. The molecule has 0 fully saturated rings. The summed E-state index contributed by atoms with van der Waals surface area (Å²) in [4.78, 5) is 26.3. The summed E-state index contributed by atoms with van der Waals surface area (Å²) in [5.74, 6) is -0.408. The number of hydrogen-bond donors (Lipinski definition) is 1. The minimum Gasteiger partial charge on any atom is -0.465 e. The predicted molar refractivity (Wildman–Crippen MR) is 65.3 cm³/mol. The number of carbonyl (C=O) groups is 1. The van der Waals surface area contributed by atoms with Crippen molar-refractivity contribution >= 4 is 16.9 Å². The van der Waals surface area contributed by atoms with Gasteiger partial charge in [-0.2, -0.15) is 0 Å². The summed E-state index contributed by atoms with van der Waals surface area (Å²) in [6, 6.07) is 6.46. The summed E-state index contributed by atoms with van der Waals surface area (Å²) >= 11 is 0. The molecule has 0 bridgehead atoms. The van der Waals surface area contributed by atoms with E-state index in [-0.39, 0.29) is 5.43 Å². The monoisotopic (exact) mass is 231 g/mol. The van der Waals surface area contributed by atoms with Crippen molar-refractivity contribution in [2.45, 2.75) is 13.3 Å². The molecule has 17 heavy (non-hydrogen) atoms. The summed E-state index contributed by atoms with van der Waals surface area (Å²) in [5, 5.41) is 0.579. The molecule has 0 spiro atoms. The lowest BCUT2D eigenvalue weighted by atomic mass is 10.1. The van der Waals surface area contributed by atoms with Gasteiger partial charge >= 0.3 is 5.97 Å². The average Bonchev–Trinajstić information content (AvgIpc) is 2.36. The molecule has 1 N–H and O–H groups in total. The molecule has 1 aromatic heterocycles. The van der Waals surface area contributed by atoms with E-state index in [4.69, 9.17) is 0 Å². The van der Waals surface area contributed by atoms with Crippen molar-refractivity contribution in [1.82, 2.24) is 4.98 Å². The number of methoxy groups -OCH3 is 1. The molecular formula is C13H13NO3. The highest BCUT2D eigenvalue weighted by molar-refractivity contribution is 5.94. The van der Waals surface area contributed by atoms with Crippen molar-refractivity contribution in [3.8, 4) is 0 Å². The molecule has 2 rings (SSSR count). The molecular weight excluding hydrogens is 218 g/mol. The number of benzene rings is 1. The molecule has 4 nitrogen and oxygen atoms in total.